The molecule has 17 heavy (non-hydrogen) atoms. The summed E-state index contributed by atoms with van der Waals surface area (Å²) in [6, 6.07) is 2.85. The van der Waals surface area contributed by atoms with E-state index in [0.717, 1.165) is 18.2 Å². The smallest absolute Gasteiger partial charge is 0.234 e. The molecule has 0 bridgehead atoms. The number of carbonyl (C=O) groups excluding carboxylic acids is 1. The van der Waals surface area contributed by atoms with Gasteiger partial charge in [0.1, 0.15) is 11.6 Å². The molecule has 94 valence electrons. The Bertz CT molecular complexity index is 367. The fraction of sp³-hybridized carbons (Fsp3) is 0.364. The molecule has 0 atom stereocenters. The van der Waals surface area contributed by atoms with Crippen molar-refractivity contribution in [3.8, 4) is 0 Å². The Balaban J connectivity index is 2.39. The maximum Gasteiger partial charge on any atom is 0.234 e. The van der Waals surface area contributed by atoms with Crippen LogP contribution in [0.25, 0.3) is 0 Å². The lowest BCUT2D eigenvalue weighted by molar-refractivity contribution is -0.113. The molecule has 0 heterocycles. The number of anilines is 1. The van der Waals surface area contributed by atoms with Crippen LogP contribution in [0.2, 0.25) is 0 Å². The SMILES string of the molecule is O=C(CSCCCO)Nc1cc(F)cc(F)c1. The standard InChI is InChI=1S/C11H13F2NO2S/c12-8-4-9(13)6-10(5-8)14-11(16)7-17-3-1-2-15/h4-6,15H,1-3,7H2,(H,14,16). The summed E-state index contributed by atoms with van der Waals surface area (Å²) in [5.74, 6) is -0.918. The number of aliphatic hydroxyl groups is 1. The fourth-order valence-electron chi connectivity index (χ4n) is 1.15. The van der Waals surface area contributed by atoms with Crippen molar-refractivity contribution in [1.29, 1.82) is 0 Å². The van der Waals surface area contributed by atoms with Crippen LogP contribution in [-0.2, 0) is 4.79 Å². The predicted molar refractivity (Wildman–Crippen MR) is 64.0 cm³/mol. The number of thioether (sulfide) groups is 1. The Kier molecular flexibility index (Phi) is 5.93. The van der Waals surface area contributed by atoms with Crippen LogP contribution in [0, 0.1) is 11.6 Å². The van der Waals surface area contributed by atoms with Gasteiger partial charge in [0.25, 0.3) is 0 Å². The normalized spacial score (nSPS) is 10.3. The molecule has 0 aromatic heterocycles. The van der Waals surface area contributed by atoms with Gasteiger partial charge in [0.2, 0.25) is 5.91 Å². The van der Waals surface area contributed by atoms with Gasteiger partial charge in [-0.15, -0.1) is 0 Å². The van der Waals surface area contributed by atoms with Gasteiger partial charge in [0.05, 0.1) is 5.75 Å². The minimum Gasteiger partial charge on any atom is -0.396 e. The summed E-state index contributed by atoms with van der Waals surface area (Å²) in [7, 11) is 0. The van der Waals surface area contributed by atoms with Gasteiger partial charge in [0.15, 0.2) is 0 Å². The number of benzene rings is 1. The molecule has 6 heteroatoms. The van der Waals surface area contributed by atoms with Crippen LogP contribution < -0.4 is 5.32 Å². The average Bonchev–Trinajstić information content (AvgIpc) is 2.23. The molecule has 0 unspecified atom stereocenters. The lowest BCUT2D eigenvalue weighted by Gasteiger charge is -2.05. The van der Waals surface area contributed by atoms with Crippen LogP contribution in [0.3, 0.4) is 0 Å². The Labute approximate surface area is 102 Å². The number of nitrogens with one attached hydrogen (secondary N) is 1. The zero-order valence-corrected chi connectivity index (χ0v) is 9.90. The summed E-state index contributed by atoms with van der Waals surface area (Å²) < 4.78 is 25.6. The van der Waals surface area contributed by atoms with Gasteiger partial charge in [0, 0.05) is 18.4 Å². The lowest BCUT2D eigenvalue weighted by atomic mass is 10.3. The topological polar surface area (TPSA) is 49.3 Å². The number of amides is 1. The molecule has 1 aromatic rings. The van der Waals surface area contributed by atoms with Crippen LogP contribution >= 0.6 is 11.8 Å². The van der Waals surface area contributed by atoms with Crippen LogP contribution in [0.5, 0.6) is 0 Å². The van der Waals surface area contributed by atoms with Gasteiger partial charge in [-0.2, -0.15) is 11.8 Å². The second kappa shape index (κ2) is 7.24. The predicted octanol–water partition coefficient (Wildman–Crippen LogP) is 2.02. The molecular weight excluding hydrogens is 248 g/mol. The van der Waals surface area contributed by atoms with E-state index in [1.807, 2.05) is 0 Å². The van der Waals surface area contributed by atoms with Crippen LogP contribution in [0.4, 0.5) is 14.5 Å². The van der Waals surface area contributed by atoms with Gasteiger partial charge < -0.3 is 10.4 Å². The molecule has 0 aliphatic carbocycles. The van der Waals surface area contributed by atoms with Crippen molar-refractivity contribution in [2.45, 2.75) is 6.42 Å². The molecule has 0 spiro atoms. The molecule has 0 radical (unpaired) electrons. The third-order valence-corrected chi connectivity index (χ3v) is 2.87. The van der Waals surface area contributed by atoms with E-state index in [4.69, 9.17) is 5.11 Å². The minimum atomic E-state index is -0.728. The third-order valence-electron chi connectivity index (χ3n) is 1.83. The van der Waals surface area contributed by atoms with E-state index >= 15 is 0 Å². The highest BCUT2D eigenvalue weighted by molar-refractivity contribution is 7.99. The van der Waals surface area contributed by atoms with Gasteiger partial charge in [-0.05, 0) is 24.3 Å². The van der Waals surface area contributed by atoms with Crippen molar-refractivity contribution in [2.75, 3.05) is 23.4 Å². The summed E-state index contributed by atoms with van der Waals surface area (Å²) in [6.45, 7) is 0.0870. The number of hydrogen-bond donors (Lipinski definition) is 2. The van der Waals surface area contributed by atoms with Crippen molar-refractivity contribution in [3.63, 3.8) is 0 Å². The van der Waals surface area contributed by atoms with Gasteiger partial charge in [-0.25, -0.2) is 8.78 Å². The molecule has 3 nitrogen and oxygen atoms in total. The number of rotatable bonds is 6. The third kappa shape index (κ3) is 5.65. The highest BCUT2D eigenvalue weighted by Crippen LogP contribution is 2.13. The summed E-state index contributed by atoms with van der Waals surface area (Å²) >= 11 is 1.35. The first-order valence-electron chi connectivity index (χ1n) is 5.06. The van der Waals surface area contributed by atoms with E-state index in [-0.39, 0.29) is 24.0 Å². The highest BCUT2D eigenvalue weighted by atomic mass is 32.2. The summed E-state index contributed by atoms with van der Waals surface area (Å²) in [4.78, 5) is 11.4. The van der Waals surface area contributed by atoms with Crippen molar-refractivity contribution in [2.24, 2.45) is 0 Å². The van der Waals surface area contributed by atoms with E-state index in [2.05, 4.69) is 5.32 Å². The Hall–Kier alpha value is -1.14. The second-order valence-electron chi connectivity index (χ2n) is 3.34. The molecular formula is C11H13F2NO2S. The molecule has 1 rings (SSSR count). The second-order valence-corrected chi connectivity index (χ2v) is 4.44. The fourth-order valence-corrected chi connectivity index (χ4v) is 1.89. The lowest BCUT2D eigenvalue weighted by Crippen LogP contribution is -2.14. The average molecular weight is 261 g/mol. The van der Waals surface area contributed by atoms with Crippen LogP contribution in [-0.4, -0.2) is 29.1 Å². The monoisotopic (exact) mass is 261 g/mol. The zero-order chi connectivity index (χ0) is 12.7. The van der Waals surface area contributed by atoms with Crippen LogP contribution in [0.1, 0.15) is 6.42 Å². The van der Waals surface area contributed by atoms with Crippen molar-refractivity contribution in [1.82, 2.24) is 0 Å². The van der Waals surface area contributed by atoms with Gasteiger partial charge in [-0.3, -0.25) is 4.79 Å². The molecule has 0 aliphatic heterocycles. The first kappa shape index (κ1) is 13.9. The number of halogens is 2. The van der Waals surface area contributed by atoms with E-state index in [0.29, 0.717) is 12.2 Å². The van der Waals surface area contributed by atoms with E-state index in [1.165, 1.54) is 11.8 Å². The Morgan fingerprint density at radius 3 is 2.53 bits per heavy atom. The maximum atomic E-state index is 12.8. The first-order chi connectivity index (χ1) is 8.11. The molecule has 0 saturated heterocycles. The van der Waals surface area contributed by atoms with Crippen molar-refractivity contribution in [3.05, 3.63) is 29.8 Å². The van der Waals surface area contributed by atoms with E-state index < -0.39 is 11.6 Å². The molecule has 2 N–H and O–H groups in total. The number of aliphatic hydroxyl groups excluding tert-OH is 1. The van der Waals surface area contributed by atoms with E-state index in [1.54, 1.807) is 0 Å². The summed E-state index contributed by atoms with van der Waals surface area (Å²) in [5, 5.41) is 10.9. The zero-order valence-electron chi connectivity index (χ0n) is 9.08. The first-order valence-corrected chi connectivity index (χ1v) is 6.22. The molecule has 1 aromatic carbocycles. The summed E-state index contributed by atoms with van der Waals surface area (Å²) in [6.07, 6.45) is 0.618. The quantitative estimate of drug-likeness (QED) is 0.770. The molecule has 0 saturated carbocycles. The van der Waals surface area contributed by atoms with Crippen molar-refractivity contribution >= 4 is 23.4 Å². The largest absolute Gasteiger partial charge is 0.396 e. The Morgan fingerprint density at radius 2 is 1.94 bits per heavy atom. The summed E-state index contributed by atoms with van der Waals surface area (Å²) in [5.41, 5.74) is 0.107. The highest BCUT2D eigenvalue weighted by Gasteiger charge is 2.05. The molecule has 0 aliphatic rings. The molecule has 0 fully saturated rings. The van der Waals surface area contributed by atoms with Gasteiger partial charge in [-0.1, -0.05) is 0 Å². The minimum absolute atomic E-state index is 0.0870. The van der Waals surface area contributed by atoms with Crippen LogP contribution in [0.15, 0.2) is 18.2 Å². The van der Waals surface area contributed by atoms with Crippen molar-refractivity contribution < 1.29 is 18.7 Å². The van der Waals surface area contributed by atoms with Gasteiger partial charge >= 0.3 is 0 Å². The number of hydrogen-bond acceptors (Lipinski definition) is 3. The number of carbonyl (C=O) groups is 1. The molecule has 1 amide bonds. The van der Waals surface area contributed by atoms with E-state index in [9.17, 15) is 13.6 Å². The Morgan fingerprint density at radius 1 is 1.29 bits per heavy atom. The maximum absolute atomic E-state index is 12.8.